The zero-order chi connectivity index (χ0) is 14.1. The third-order valence-corrected chi connectivity index (χ3v) is 6.48. The molecule has 0 aromatic heterocycles. The van der Waals surface area contributed by atoms with Crippen LogP contribution in [0.5, 0.6) is 0 Å². The molecular formula is C20H29N. The van der Waals surface area contributed by atoms with Gasteiger partial charge in [-0.2, -0.15) is 0 Å². The lowest BCUT2D eigenvalue weighted by Crippen LogP contribution is -2.27. The Kier molecular flexibility index (Phi) is 3.79. The van der Waals surface area contributed by atoms with Gasteiger partial charge in [0.25, 0.3) is 0 Å². The number of piperidine rings is 1. The second-order valence-corrected chi connectivity index (χ2v) is 7.69. The van der Waals surface area contributed by atoms with E-state index in [9.17, 15) is 0 Å². The quantitative estimate of drug-likeness (QED) is 0.861. The van der Waals surface area contributed by atoms with Crippen LogP contribution in [0.15, 0.2) is 24.3 Å². The second-order valence-electron chi connectivity index (χ2n) is 7.69. The average molecular weight is 283 g/mol. The summed E-state index contributed by atoms with van der Waals surface area (Å²) < 4.78 is 0. The van der Waals surface area contributed by atoms with Gasteiger partial charge in [0, 0.05) is 0 Å². The van der Waals surface area contributed by atoms with Gasteiger partial charge in [-0.1, -0.05) is 37.1 Å². The van der Waals surface area contributed by atoms with Crippen LogP contribution < -0.4 is 5.32 Å². The largest absolute Gasteiger partial charge is 0.317 e. The summed E-state index contributed by atoms with van der Waals surface area (Å²) in [5, 5.41) is 3.48. The van der Waals surface area contributed by atoms with Crippen molar-refractivity contribution in [2.75, 3.05) is 13.1 Å². The van der Waals surface area contributed by atoms with Crippen molar-refractivity contribution < 1.29 is 0 Å². The molecule has 2 atom stereocenters. The summed E-state index contributed by atoms with van der Waals surface area (Å²) >= 11 is 0. The molecule has 1 saturated carbocycles. The van der Waals surface area contributed by atoms with Crippen molar-refractivity contribution in [1.29, 1.82) is 0 Å². The fourth-order valence-electron chi connectivity index (χ4n) is 5.17. The first-order valence-electron chi connectivity index (χ1n) is 9.18. The molecule has 2 aliphatic carbocycles. The Balaban J connectivity index is 1.33. The molecule has 0 bridgehead atoms. The molecule has 1 aliphatic heterocycles. The van der Waals surface area contributed by atoms with Crippen molar-refractivity contribution in [3.8, 4) is 0 Å². The summed E-state index contributed by atoms with van der Waals surface area (Å²) in [6, 6.07) is 9.30. The van der Waals surface area contributed by atoms with E-state index in [1.54, 1.807) is 11.1 Å². The lowest BCUT2D eigenvalue weighted by molar-refractivity contribution is 0.337. The van der Waals surface area contributed by atoms with E-state index in [-0.39, 0.29) is 0 Å². The minimum absolute atomic E-state index is 0.614. The molecule has 1 spiro atoms. The minimum Gasteiger partial charge on any atom is -0.317 e. The lowest BCUT2D eigenvalue weighted by atomic mass is 9.78. The van der Waals surface area contributed by atoms with Crippen molar-refractivity contribution in [3.05, 3.63) is 35.4 Å². The van der Waals surface area contributed by atoms with Crippen molar-refractivity contribution >= 4 is 0 Å². The average Bonchev–Trinajstić information content (AvgIpc) is 3.22. The highest BCUT2D eigenvalue weighted by atomic mass is 14.9. The molecule has 4 rings (SSSR count). The van der Waals surface area contributed by atoms with E-state index in [2.05, 4.69) is 29.6 Å². The normalized spacial score (nSPS) is 32.1. The van der Waals surface area contributed by atoms with E-state index >= 15 is 0 Å². The van der Waals surface area contributed by atoms with E-state index in [0.29, 0.717) is 5.41 Å². The first kappa shape index (κ1) is 13.8. The topological polar surface area (TPSA) is 12.0 Å². The number of hydrogen-bond acceptors (Lipinski definition) is 1. The highest BCUT2D eigenvalue weighted by Crippen LogP contribution is 2.62. The molecule has 1 aromatic carbocycles. The molecule has 1 saturated heterocycles. The molecule has 2 fully saturated rings. The Labute approximate surface area is 129 Å². The molecular weight excluding hydrogens is 254 g/mol. The van der Waals surface area contributed by atoms with Gasteiger partial charge in [-0.25, -0.2) is 0 Å². The fraction of sp³-hybridized carbons (Fsp3) is 0.700. The monoisotopic (exact) mass is 283 g/mol. The Bertz CT molecular complexity index is 488. The molecule has 21 heavy (non-hydrogen) atoms. The number of hydrogen-bond donors (Lipinski definition) is 1. The number of benzene rings is 1. The van der Waals surface area contributed by atoms with E-state index in [4.69, 9.17) is 0 Å². The highest BCUT2D eigenvalue weighted by Gasteiger charge is 2.55. The van der Waals surface area contributed by atoms with Gasteiger partial charge in [0.05, 0.1) is 0 Å². The molecule has 1 nitrogen and oxygen atoms in total. The summed E-state index contributed by atoms with van der Waals surface area (Å²) in [6.07, 6.45) is 12.9. The molecule has 0 radical (unpaired) electrons. The number of aryl methyl sites for hydroxylation is 1. The van der Waals surface area contributed by atoms with Gasteiger partial charge >= 0.3 is 0 Å². The summed E-state index contributed by atoms with van der Waals surface area (Å²) in [6.45, 7) is 2.51. The lowest BCUT2D eigenvalue weighted by Gasteiger charge is -2.27. The third kappa shape index (κ3) is 2.65. The van der Waals surface area contributed by atoms with Gasteiger partial charge in [0.2, 0.25) is 0 Å². The fourth-order valence-corrected chi connectivity index (χ4v) is 5.17. The third-order valence-electron chi connectivity index (χ3n) is 6.48. The molecule has 0 amide bonds. The van der Waals surface area contributed by atoms with E-state index in [1.807, 2.05) is 0 Å². The van der Waals surface area contributed by atoms with Crippen LogP contribution in [0.4, 0.5) is 0 Å². The maximum Gasteiger partial charge on any atom is -0.00126 e. The molecule has 1 N–H and O–H groups in total. The van der Waals surface area contributed by atoms with Gasteiger partial charge in [0.15, 0.2) is 0 Å². The van der Waals surface area contributed by atoms with Gasteiger partial charge in [-0.15, -0.1) is 0 Å². The summed E-state index contributed by atoms with van der Waals surface area (Å²) in [5.41, 5.74) is 4.00. The Morgan fingerprint density at radius 1 is 1.10 bits per heavy atom. The first-order valence-corrected chi connectivity index (χ1v) is 9.18. The molecule has 1 aromatic rings. The number of fused-ring (bicyclic) bond motifs is 2. The van der Waals surface area contributed by atoms with Crippen LogP contribution >= 0.6 is 0 Å². The van der Waals surface area contributed by atoms with E-state index < -0.39 is 0 Å². The minimum atomic E-state index is 0.614. The van der Waals surface area contributed by atoms with Crippen LogP contribution in [0.2, 0.25) is 0 Å². The van der Waals surface area contributed by atoms with E-state index in [1.165, 1.54) is 70.9 Å². The van der Waals surface area contributed by atoms with Crippen molar-refractivity contribution in [2.24, 2.45) is 11.8 Å². The SMILES string of the molecule is c1ccc2c(c1)CCCC21CC1CCCC1CCNCC1. The van der Waals surface area contributed by atoms with Crippen molar-refractivity contribution in [3.63, 3.8) is 0 Å². The second kappa shape index (κ2) is 5.76. The highest BCUT2D eigenvalue weighted by molar-refractivity contribution is 5.42. The first-order chi connectivity index (χ1) is 10.4. The maximum atomic E-state index is 3.48. The zero-order valence-corrected chi connectivity index (χ0v) is 13.2. The number of rotatable bonds is 4. The predicted octanol–water partition coefficient (Wildman–Crippen LogP) is 4.45. The summed E-state index contributed by atoms with van der Waals surface area (Å²) in [4.78, 5) is 0. The molecule has 114 valence electrons. The molecule has 2 unspecified atom stereocenters. The maximum absolute atomic E-state index is 3.48. The smallest absolute Gasteiger partial charge is 0.00126 e. The van der Waals surface area contributed by atoms with Crippen molar-refractivity contribution in [1.82, 2.24) is 5.32 Å². The van der Waals surface area contributed by atoms with Crippen LogP contribution in [0.3, 0.4) is 0 Å². The van der Waals surface area contributed by atoms with Crippen LogP contribution in [0.25, 0.3) is 0 Å². The summed E-state index contributed by atoms with van der Waals surface area (Å²) in [5.74, 6) is 2.01. The predicted molar refractivity (Wildman–Crippen MR) is 88.6 cm³/mol. The zero-order valence-electron chi connectivity index (χ0n) is 13.2. The van der Waals surface area contributed by atoms with Crippen LogP contribution in [0, 0.1) is 11.8 Å². The molecule has 3 aliphatic rings. The van der Waals surface area contributed by atoms with Gasteiger partial charge < -0.3 is 5.32 Å². The molecule has 1 heterocycles. The van der Waals surface area contributed by atoms with Gasteiger partial charge in [-0.3, -0.25) is 0 Å². The van der Waals surface area contributed by atoms with Gasteiger partial charge in [0.1, 0.15) is 0 Å². The van der Waals surface area contributed by atoms with Crippen LogP contribution in [-0.2, 0) is 11.8 Å². The molecule has 1 heteroatoms. The Morgan fingerprint density at radius 2 is 1.95 bits per heavy atom. The Morgan fingerprint density at radius 3 is 2.86 bits per heavy atom. The summed E-state index contributed by atoms with van der Waals surface area (Å²) in [7, 11) is 0. The van der Waals surface area contributed by atoms with Gasteiger partial charge in [-0.05, 0) is 86.4 Å². The Hall–Kier alpha value is -0.820. The number of nitrogens with one attached hydrogen (secondary N) is 1. The standard InChI is InChI=1S/C20H29N/c1-2-9-19-17(6-1)7-4-12-20(19)15-18(20)8-3-5-16-10-13-21-14-11-16/h1-2,6,9,16,18,21H,3-5,7-8,10-15H2. The van der Waals surface area contributed by atoms with Crippen molar-refractivity contribution in [2.45, 2.75) is 63.2 Å². The van der Waals surface area contributed by atoms with Crippen LogP contribution in [0.1, 0.15) is 62.5 Å². The van der Waals surface area contributed by atoms with E-state index in [0.717, 1.165) is 11.8 Å². The van der Waals surface area contributed by atoms with Crippen LogP contribution in [-0.4, -0.2) is 13.1 Å².